The Morgan fingerprint density at radius 1 is 1.29 bits per heavy atom. The van der Waals surface area contributed by atoms with Crippen molar-refractivity contribution in [2.75, 3.05) is 5.32 Å². The number of anilines is 1. The third-order valence-corrected chi connectivity index (χ3v) is 3.08. The number of amides is 1. The molecule has 112 valence electrons. The Morgan fingerprint density at radius 2 is 1.90 bits per heavy atom. The van der Waals surface area contributed by atoms with Gasteiger partial charge < -0.3 is 9.84 Å². The quantitative estimate of drug-likeness (QED) is 0.939. The topological polar surface area (TPSA) is 80.9 Å². The van der Waals surface area contributed by atoms with E-state index in [0.29, 0.717) is 29.1 Å². The molecule has 1 amide bonds. The number of hydrogen-bond donors (Lipinski definition) is 1. The molecule has 6 heteroatoms. The maximum Gasteiger partial charge on any atom is 0.261 e. The van der Waals surface area contributed by atoms with Gasteiger partial charge in [0, 0.05) is 5.41 Å². The molecule has 21 heavy (non-hydrogen) atoms. The molecule has 0 aliphatic rings. The third kappa shape index (κ3) is 3.26. The summed E-state index contributed by atoms with van der Waals surface area (Å²) < 4.78 is 5.07. The van der Waals surface area contributed by atoms with Crippen molar-refractivity contribution in [1.82, 2.24) is 15.1 Å². The maximum absolute atomic E-state index is 12.3. The van der Waals surface area contributed by atoms with E-state index in [0.717, 1.165) is 5.82 Å². The molecule has 6 nitrogen and oxygen atoms in total. The molecule has 0 bridgehead atoms. The summed E-state index contributed by atoms with van der Waals surface area (Å²) in [5.41, 5.74) is 1.56. The van der Waals surface area contributed by atoms with Gasteiger partial charge in [0.25, 0.3) is 5.91 Å². The van der Waals surface area contributed by atoms with E-state index < -0.39 is 0 Å². The summed E-state index contributed by atoms with van der Waals surface area (Å²) in [6.07, 6.45) is 3.86. The molecule has 0 saturated heterocycles. The molecule has 2 aromatic rings. The minimum Gasteiger partial charge on any atom is -0.361 e. The van der Waals surface area contributed by atoms with Crippen molar-refractivity contribution >= 4 is 11.6 Å². The lowest BCUT2D eigenvalue weighted by atomic mass is 9.96. The van der Waals surface area contributed by atoms with Crippen LogP contribution < -0.4 is 5.32 Å². The molecule has 0 fully saturated rings. The first-order valence-electron chi connectivity index (χ1n) is 6.92. The fourth-order valence-corrected chi connectivity index (χ4v) is 1.92. The van der Waals surface area contributed by atoms with Gasteiger partial charge in [0.2, 0.25) is 0 Å². The van der Waals surface area contributed by atoms with Gasteiger partial charge in [-0.1, -0.05) is 32.9 Å². The number of rotatable bonds is 3. The van der Waals surface area contributed by atoms with Gasteiger partial charge in [0.05, 0.1) is 23.8 Å². The van der Waals surface area contributed by atoms with Gasteiger partial charge in [-0.05, 0) is 13.3 Å². The van der Waals surface area contributed by atoms with Crippen LogP contribution in [-0.4, -0.2) is 21.0 Å². The van der Waals surface area contributed by atoms with Gasteiger partial charge in [0.1, 0.15) is 17.1 Å². The number of carbonyl (C=O) groups excluding carboxylic acids is 1. The zero-order valence-corrected chi connectivity index (χ0v) is 13.0. The van der Waals surface area contributed by atoms with E-state index in [-0.39, 0.29) is 11.3 Å². The fourth-order valence-electron chi connectivity index (χ4n) is 1.92. The monoisotopic (exact) mass is 288 g/mol. The lowest BCUT2D eigenvalue weighted by molar-refractivity contribution is 0.102. The van der Waals surface area contributed by atoms with Crippen LogP contribution in [0.25, 0.3) is 0 Å². The predicted octanol–water partition coefficient (Wildman–Crippen LogP) is 2.89. The van der Waals surface area contributed by atoms with Crippen molar-refractivity contribution in [1.29, 1.82) is 0 Å². The van der Waals surface area contributed by atoms with Gasteiger partial charge in [0.15, 0.2) is 0 Å². The maximum atomic E-state index is 12.3. The summed E-state index contributed by atoms with van der Waals surface area (Å²) in [6.45, 7) is 9.76. The zero-order valence-electron chi connectivity index (χ0n) is 13.0. The molecule has 2 rings (SSSR count). The van der Waals surface area contributed by atoms with E-state index in [4.69, 9.17) is 4.52 Å². The van der Waals surface area contributed by atoms with Crippen LogP contribution in [0.5, 0.6) is 0 Å². The smallest absolute Gasteiger partial charge is 0.261 e. The molecular weight excluding hydrogens is 268 g/mol. The molecule has 0 aliphatic carbocycles. The summed E-state index contributed by atoms with van der Waals surface area (Å²) in [5.74, 6) is 0.991. The van der Waals surface area contributed by atoms with Crippen molar-refractivity contribution < 1.29 is 9.32 Å². The largest absolute Gasteiger partial charge is 0.361 e. The summed E-state index contributed by atoms with van der Waals surface area (Å²) in [7, 11) is 0. The van der Waals surface area contributed by atoms with Crippen molar-refractivity contribution in [3.05, 3.63) is 35.2 Å². The van der Waals surface area contributed by atoms with Gasteiger partial charge in [-0.15, -0.1) is 0 Å². The summed E-state index contributed by atoms with van der Waals surface area (Å²) in [5, 5.41) is 6.65. The van der Waals surface area contributed by atoms with Gasteiger partial charge in [-0.2, -0.15) is 0 Å². The van der Waals surface area contributed by atoms with Gasteiger partial charge in [-0.3, -0.25) is 4.79 Å². The fraction of sp³-hybridized carbons (Fsp3) is 0.467. The highest BCUT2D eigenvalue weighted by Crippen LogP contribution is 2.19. The molecule has 0 radical (unpaired) electrons. The average molecular weight is 288 g/mol. The summed E-state index contributed by atoms with van der Waals surface area (Å²) >= 11 is 0. The van der Waals surface area contributed by atoms with Crippen molar-refractivity contribution in [2.45, 2.75) is 46.5 Å². The van der Waals surface area contributed by atoms with E-state index in [1.165, 1.54) is 0 Å². The molecule has 0 atom stereocenters. The molecule has 2 heterocycles. The Labute approximate surface area is 124 Å². The van der Waals surface area contributed by atoms with Crippen LogP contribution in [0, 0.1) is 6.92 Å². The second kappa shape index (κ2) is 5.63. The van der Waals surface area contributed by atoms with E-state index in [9.17, 15) is 4.79 Å². The number of aryl methyl sites for hydroxylation is 2. The number of nitrogens with one attached hydrogen (secondary N) is 1. The second-order valence-electron chi connectivity index (χ2n) is 5.91. The highest BCUT2D eigenvalue weighted by molar-refractivity contribution is 6.05. The van der Waals surface area contributed by atoms with Crippen LogP contribution >= 0.6 is 0 Å². The molecule has 2 aromatic heterocycles. The molecule has 0 spiro atoms. The van der Waals surface area contributed by atoms with E-state index in [1.807, 2.05) is 27.7 Å². The van der Waals surface area contributed by atoms with Crippen LogP contribution in [0.2, 0.25) is 0 Å². The Morgan fingerprint density at radius 3 is 2.43 bits per heavy atom. The first kappa shape index (κ1) is 15.2. The lowest BCUT2D eigenvalue weighted by Gasteiger charge is -2.16. The Balaban J connectivity index is 2.18. The number of carbonyl (C=O) groups is 1. The van der Waals surface area contributed by atoms with Gasteiger partial charge in [-0.25, -0.2) is 9.97 Å². The summed E-state index contributed by atoms with van der Waals surface area (Å²) in [4.78, 5) is 20.9. The Bertz CT molecular complexity index is 639. The molecule has 0 aliphatic heterocycles. The van der Waals surface area contributed by atoms with Crippen molar-refractivity contribution in [3.8, 4) is 0 Å². The molecule has 1 N–H and O–H groups in total. The van der Waals surface area contributed by atoms with Crippen LogP contribution in [0.1, 0.15) is 55.3 Å². The normalized spacial score (nSPS) is 11.5. The zero-order chi connectivity index (χ0) is 15.6. The molecule has 0 aromatic carbocycles. The van der Waals surface area contributed by atoms with Crippen molar-refractivity contribution in [2.24, 2.45) is 0 Å². The molecule has 0 saturated carbocycles. The van der Waals surface area contributed by atoms with Crippen LogP contribution in [0.15, 0.2) is 16.9 Å². The minimum atomic E-state index is -0.252. The van der Waals surface area contributed by atoms with Crippen LogP contribution in [0.3, 0.4) is 0 Å². The molecular formula is C15H20N4O2. The SMILES string of the molecule is CCc1noc(C)c1C(=O)Nc1cnc(C(C)(C)C)nc1. The second-order valence-corrected chi connectivity index (χ2v) is 5.91. The standard InChI is InChI=1S/C15H20N4O2/c1-6-11-12(9(2)21-19-11)13(20)18-10-7-16-14(17-8-10)15(3,4)5/h7-8H,6H2,1-5H3,(H,18,20). The Hall–Kier alpha value is -2.24. The predicted molar refractivity (Wildman–Crippen MR) is 79.3 cm³/mol. The highest BCUT2D eigenvalue weighted by atomic mass is 16.5. The van der Waals surface area contributed by atoms with E-state index in [1.54, 1.807) is 19.3 Å². The number of aromatic nitrogens is 3. The average Bonchev–Trinajstić information content (AvgIpc) is 2.79. The summed E-state index contributed by atoms with van der Waals surface area (Å²) in [6, 6.07) is 0. The third-order valence-electron chi connectivity index (χ3n) is 3.08. The van der Waals surface area contributed by atoms with Crippen molar-refractivity contribution in [3.63, 3.8) is 0 Å². The van der Waals surface area contributed by atoms with E-state index in [2.05, 4.69) is 20.4 Å². The van der Waals surface area contributed by atoms with Gasteiger partial charge >= 0.3 is 0 Å². The highest BCUT2D eigenvalue weighted by Gasteiger charge is 2.20. The Kier molecular flexibility index (Phi) is 4.06. The number of hydrogen-bond acceptors (Lipinski definition) is 5. The first-order valence-corrected chi connectivity index (χ1v) is 6.92. The lowest BCUT2D eigenvalue weighted by Crippen LogP contribution is -2.18. The van der Waals surface area contributed by atoms with Crippen LogP contribution in [-0.2, 0) is 11.8 Å². The first-order chi connectivity index (χ1) is 9.82. The minimum absolute atomic E-state index is 0.122. The van der Waals surface area contributed by atoms with E-state index >= 15 is 0 Å². The molecule has 0 unspecified atom stereocenters. The number of nitrogens with zero attached hydrogens (tertiary/aromatic N) is 3. The van der Waals surface area contributed by atoms with Crippen LogP contribution in [0.4, 0.5) is 5.69 Å².